The summed E-state index contributed by atoms with van der Waals surface area (Å²) in [5.41, 5.74) is 0. The molecule has 0 aliphatic carbocycles. The lowest BCUT2D eigenvalue weighted by Crippen LogP contribution is -2.15. The number of alkyl halides is 1. The van der Waals surface area contributed by atoms with Crippen LogP contribution in [0.15, 0.2) is 0 Å². The van der Waals surface area contributed by atoms with E-state index in [0.717, 1.165) is 19.4 Å². The van der Waals surface area contributed by atoms with E-state index in [9.17, 15) is 4.39 Å². The van der Waals surface area contributed by atoms with E-state index >= 15 is 0 Å². The fraction of sp³-hybridized carbons (Fsp3) is 1.00. The van der Waals surface area contributed by atoms with Crippen molar-refractivity contribution in [2.75, 3.05) is 13.2 Å². The van der Waals surface area contributed by atoms with Gasteiger partial charge in [-0.3, -0.25) is 0 Å². The molecule has 0 aromatic rings. The Morgan fingerprint density at radius 3 is 2.86 bits per heavy atom. The van der Waals surface area contributed by atoms with Crippen molar-refractivity contribution >= 4 is 0 Å². The summed E-state index contributed by atoms with van der Waals surface area (Å²) in [5, 5.41) is 3.98. The average molecular weight is 102 g/mol. The zero-order valence-corrected chi connectivity index (χ0v) is 4.23. The van der Waals surface area contributed by atoms with E-state index in [4.69, 9.17) is 0 Å². The molecule has 0 spiro atoms. The third-order valence-corrected chi connectivity index (χ3v) is 1.26. The molecule has 0 saturated carbocycles. The number of halogens is 1. The minimum Gasteiger partial charge on any atom is -0.249 e. The molecule has 1 rings (SSSR count). The summed E-state index contributed by atoms with van der Waals surface area (Å²) in [5.74, 6) is 0. The van der Waals surface area contributed by atoms with Crippen molar-refractivity contribution in [2.45, 2.75) is 18.9 Å². The van der Waals surface area contributed by atoms with Gasteiger partial charge in [-0.1, -0.05) is 0 Å². The lowest BCUT2D eigenvalue weighted by molar-refractivity contribution is 0.402. The summed E-state index contributed by atoms with van der Waals surface area (Å²) in [6.07, 6.45) is 2.06. The summed E-state index contributed by atoms with van der Waals surface area (Å²) in [6.45, 7) is 0.634. The Labute approximate surface area is 42.9 Å². The molecule has 1 saturated heterocycles. The number of nitrogens with zero attached hydrogens (tertiary/aromatic N) is 1. The van der Waals surface area contributed by atoms with Gasteiger partial charge in [-0.2, -0.15) is 0 Å². The third kappa shape index (κ3) is 1.13. The highest BCUT2D eigenvalue weighted by Gasteiger charge is 2.13. The van der Waals surface area contributed by atoms with Crippen LogP contribution in [-0.4, -0.2) is 19.3 Å². The fourth-order valence-corrected chi connectivity index (χ4v) is 0.818. The SMILES string of the molecule is FC[C@@H]1CCC[N]1. The lowest BCUT2D eigenvalue weighted by Gasteiger charge is -1.97. The molecule has 0 unspecified atom stereocenters. The number of hydrogen-bond acceptors (Lipinski definition) is 0. The number of hydrogen-bond donors (Lipinski definition) is 0. The van der Waals surface area contributed by atoms with Crippen LogP contribution in [0.1, 0.15) is 12.8 Å². The maximum absolute atomic E-state index is 11.6. The molecule has 1 nitrogen and oxygen atoms in total. The summed E-state index contributed by atoms with van der Waals surface area (Å²) in [6, 6.07) is 0.0556. The highest BCUT2D eigenvalue weighted by molar-refractivity contribution is 4.71. The summed E-state index contributed by atoms with van der Waals surface area (Å²) >= 11 is 0. The topological polar surface area (TPSA) is 14.1 Å². The standard InChI is InChI=1S/C5H9FN/c6-4-5-2-1-3-7-5/h5H,1-4H2/t5-/m0/s1. The van der Waals surface area contributed by atoms with E-state index in [-0.39, 0.29) is 12.7 Å². The van der Waals surface area contributed by atoms with Gasteiger partial charge in [0.1, 0.15) is 6.67 Å². The molecule has 0 N–H and O–H groups in total. The molecule has 1 heterocycles. The normalized spacial score (nSPS) is 31.3. The Bertz CT molecular complexity index is 50.0. The minimum atomic E-state index is -0.250. The molecule has 1 fully saturated rings. The smallest absolute Gasteiger partial charge is 0.106 e. The van der Waals surface area contributed by atoms with Gasteiger partial charge in [0.05, 0.1) is 6.04 Å². The van der Waals surface area contributed by atoms with Gasteiger partial charge in [-0.15, -0.1) is 0 Å². The lowest BCUT2D eigenvalue weighted by atomic mass is 10.2. The Hall–Kier alpha value is -0.110. The van der Waals surface area contributed by atoms with E-state index in [1.807, 2.05) is 0 Å². The van der Waals surface area contributed by atoms with Crippen molar-refractivity contribution in [1.29, 1.82) is 0 Å². The van der Waals surface area contributed by atoms with Crippen LogP contribution >= 0.6 is 0 Å². The van der Waals surface area contributed by atoms with E-state index in [2.05, 4.69) is 5.32 Å². The van der Waals surface area contributed by atoms with Crippen LogP contribution in [-0.2, 0) is 0 Å². The van der Waals surface area contributed by atoms with Crippen LogP contribution in [0.2, 0.25) is 0 Å². The first-order chi connectivity index (χ1) is 3.43. The van der Waals surface area contributed by atoms with Gasteiger partial charge in [-0.05, 0) is 12.8 Å². The molecule has 1 aliphatic rings. The Kier molecular flexibility index (Phi) is 1.63. The van der Waals surface area contributed by atoms with Crippen LogP contribution < -0.4 is 5.32 Å². The zero-order chi connectivity index (χ0) is 5.11. The van der Waals surface area contributed by atoms with Crippen molar-refractivity contribution in [3.05, 3.63) is 0 Å². The Morgan fingerprint density at radius 1 is 1.71 bits per heavy atom. The van der Waals surface area contributed by atoms with Crippen LogP contribution in [0.4, 0.5) is 4.39 Å². The molecular weight excluding hydrogens is 93.1 g/mol. The summed E-state index contributed by atoms with van der Waals surface area (Å²) in [7, 11) is 0. The quantitative estimate of drug-likeness (QED) is 0.463. The van der Waals surface area contributed by atoms with Crippen molar-refractivity contribution in [3.8, 4) is 0 Å². The zero-order valence-electron chi connectivity index (χ0n) is 4.23. The Morgan fingerprint density at radius 2 is 2.57 bits per heavy atom. The minimum absolute atomic E-state index is 0.0556. The molecule has 0 amide bonds. The first kappa shape index (κ1) is 5.04. The van der Waals surface area contributed by atoms with Crippen LogP contribution in [0, 0.1) is 0 Å². The Balaban J connectivity index is 2.14. The average Bonchev–Trinajstić information content (AvgIpc) is 2.14. The van der Waals surface area contributed by atoms with Gasteiger partial charge in [0.15, 0.2) is 0 Å². The van der Waals surface area contributed by atoms with Crippen LogP contribution in [0.5, 0.6) is 0 Å². The van der Waals surface area contributed by atoms with Gasteiger partial charge in [0.25, 0.3) is 0 Å². The summed E-state index contributed by atoms with van der Waals surface area (Å²) in [4.78, 5) is 0. The molecule has 7 heavy (non-hydrogen) atoms. The highest BCUT2D eigenvalue weighted by Crippen LogP contribution is 2.05. The van der Waals surface area contributed by atoms with E-state index < -0.39 is 0 Å². The first-order valence-electron chi connectivity index (χ1n) is 2.66. The summed E-state index contributed by atoms with van der Waals surface area (Å²) < 4.78 is 11.6. The largest absolute Gasteiger partial charge is 0.249 e. The van der Waals surface area contributed by atoms with Crippen molar-refractivity contribution in [2.24, 2.45) is 0 Å². The van der Waals surface area contributed by atoms with Gasteiger partial charge in [0.2, 0.25) is 0 Å². The van der Waals surface area contributed by atoms with Gasteiger partial charge < -0.3 is 0 Å². The number of rotatable bonds is 1. The second kappa shape index (κ2) is 2.26. The van der Waals surface area contributed by atoms with E-state index in [1.54, 1.807) is 0 Å². The van der Waals surface area contributed by atoms with Crippen molar-refractivity contribution in [1.82, 2.24) is 5.32 Å². The second-order valence-electron chi connectivity index (χ2n) is 1.86. The van der Waals surface area contributed by atoms with Crippen molar-refractivity contribution in [3.63, 3.8) is 0 Å². The molecule has 1 radical (unpaired) electrons. The van der Waals surface area contributed by atoms with E-state index in [1.165, 1.54) is 0 Å². The highest BCUT2D eigenvalue weighted by atomic mass is 19.1. The maximum atomic E-state index is 11.6. The predicted octanol–water partition coefficient (Wildman–Crippen LogP) is 0.723. The fourth-order valence-electron chi connectivity index (χ4n) is 0.818. The third-order valence-electron chi connectivity index (χ3n) is 1.26. The predicted molar refractivity (Wildman–Crippen MR) is 26.0 cm³/mol. The molecule has 0 bridgehead atoms. The molecule has 1 atom stereocenters. The second-order valence-corrected chi connectivity index (χ2v) is 1.86. The molecule has 0 aromatic heterocycles. The molecular formula is C5H9FN. The molecule has 41 valence electrons. The monoisotopic (exact) mass is 102 g/mol. The van der Waals surface area contributed by atoms with Gasteiger partial charge in [-0.25, -0.2) is 9.71 Å². The molecule has 2 heteroatoms. The maximum Gasteiger partial charge on any atom is 0.106 e. The van der Waals surface area contributed by atoms with Gasteiger partial charge in [0, 0.05) is 6.54 Å². The van der Waals surface area contributed by atoms with Crippen molar-refractivity contribution < 1.29 is 4.39 Å². The molecule has 1 aliphatic heterocycles. The van der Waals surface area contributed by atoms with Gasteiger partial charge >= 0.3 is 0 Å². The van der Waals surface area contributed by atoms with Crippen LogP contribution in [0.25, 0.3) is 0 Å². The molecule has 0 aromatic carbocycles. The first-order valence-corrected chi connectivity index (χ1v) is 2.66. The van der Waals surface area contributed by atoms with Crippen LogP contribution in [0.3, 0.4) is 0 Å². The van der Waals surface area contributed by atoms with E-state index in [0.29, 0.717) is 0 Å².